The molecule has 1 aliphatic rings. The van der Waals surface area contributed by atoms with E-state index in [9.17, 15) is 9.18 Å². The molecule has 1 aromatic rings. The first-order valence-corrected chi connectivity index (χ1v) is 5.83. The third-order valence-corrected chi connectivity index (χ3v) is 3.10. The number of carbonyl (C=O) groups excluding carboxylic acids is 1. The van der Waals surface area contributed by atoms with Crippen molar-refractivity contribution in [3.63, 3.8) is 0 Å². The number of halogens is 1. The predicted molar refractivity (Wildman–Crippen MR) is 62.4 cm³/mol. The van der Waals surface area contributed by atoms with Crippen LogP contribution in [0.25, 0.3) is 0 Å². The van der Waals surface area contributed by atoms with E-state index in [2.05, 4.69) is 16.7 Å². The zero-order valence-electron chi connectivity index (χ0n) is 9.50. The molecule has 1 aromatic carbocycles. The molecule has 2 atom stereocenters. The molecule has 2 N–H and O–H groups in total. The normalized spacial score (nSPS) is 24.3. The molecule has 0 aromatic heterocycles. The van der Waals surface area contributed by atoms with Crippen molar-refractivity contribution >= 4 is 6.41 Å². The standard InChI is InChI=1S/C13H15FN2O/c14-11-4-1-3-10(7-11)13-6-2-5-12(16-13)8-15-9-17/h1,3,7,12-13,16H,2,5-6,8H2,(H,15,17). The number of benzene rings is 1. The maximum atomic E-state index is 13.1. The monoisotopic (exact) mass is 234 g/mol. The highest BCUT2D eigenvalue weighted by atomic mass is 19.1. The summed E-state index contributed by atoms with van der Waals surface area (Å²) in [7, 11) is 0. The Morgan fingerprint density at radius 1 is 1.59 bits per heavy atom. The number of piperidine rings is 1. The van der Waals surface area contributed by atoms with Gasteiger partial charge in [-0.3, -0.25) is 4.79 Å². The summed E-state index contributed by atoms with van der Waals surface area (Å²) < 4.78 is 13.1. The van der Waals surface area contributed by atoms with Crippen molar-refractivity contribution in [2.75, 3.05) is 6.54 Å². The third kappa shape index (κ3) is 3.27. The van der Waals surface area contributed by atoms with Gasteiger partial charge < -0.3 is 10.6 Å². The first-order valence-electron chi connectivity index (χ1n) is 5.83. The average Bonchev–Trinajstić information content (AvgIpc) is 2.37. The minimum atomic E-state index is -0.328. The molecular weight excluding hydrogens is 219 g/mol. The fourth-order valence-electron chi connectivity index (χ4n) is 2.28. The predicted octanol–water partition coefficient (Wildman–Crippen LogP) is 1.47. The SMILES string of the molecule is O=[C]NCC1CCCC(c2cc[c]c(F)c2)N1. The summed E-state index contributed by atoms with van der Waals surface area (Å²) in [6, 6.07) is 7.89. The topological polar surface area (TPSA) is 41.1 Å². The van der Waals surface area contributed by atoms with E-state index < -0.39 is 0 Å². The highest BCUT2D eigenvalue weighted by Gasteiger charge is 2.22. The van der Waals surface area contributed by atoms with Crippen molar-refractivity contribution in [3.05, 3.63) is 35.6 Å². The first-order chi connectivity index (χ1) is 8.29. The van der Waals surface area contributed by atoms with E-state index in [1.165, 1.54) is 6.07 Å². The zero-order valence-corrected chi connectivity index (χ0v) is 9.50. The number of amides is 1. The maximum absolute atomic E-state index is 13.1. The highest BCUT2D eigenvalue weighted by Crippen LogP contribution is 2.25. The van der Waals surface area contributed by atoms with Gasteiger partial charge in [0.1, 0.15) is 5.82 Å². The fraction of sp³-hybridized carbons (Fsp3) is 0.462. The molecule has 4 heteroatoms. The Balaban J connectivity index is 1.99. The fourth-order valence-corrected chi connectivity index (χ4v) is 2.28. The minimum absolute atomic E-state index is 0.159. The van der Waals surface area contributed by atoms with Gasteiger partial charge in [-0.15, -0.1) is 0 Å². The summed E-state index contributed by atoms with van der Waals surface area (Å²) in [5.74, 6) is -0.328. The van der Waals surface area contributed by atoms with Crippen molar-refractivity contribution in [3.8, 4) is 0 Å². The summed E-state index contributed by atoms with van der Waals surface area (Å²) in [4.78, 5) is 10.1. The molecule has 2 radical (unpaired) electrons. The molecule has 1 saturated heterocycles. The molecule has 1 heterocycles. The zero-order chi connectivity index (χ0) is 12.1. The molecule has 0 bridgehead atoms. The number of hydrogen-bond donors (Lipinski definition) is 2. The summed E-state index contributed by atoms with van der Waals surface area (Å²) in [6.45, 7) is 0.571. The quantitative estimate of drug-likeness (QED) is 0.774. The minimum Gasteiger partial charge on any atom is -0.346 e. The Labute approximate surface area is 100 Å². The number of nitrogens with one attached hydrogen (secondary N) is 2. The lowest BCUT2D eigenvalue weighted by Crippen LogP contribution is -2.43. The van der Waals surface area contributed by atoms with Gasteiger partial charge in [0.15, 0.2) is 0 Å². The van der Waals surface area contributed by atoms with E-state index in [4.69, 9.17) is 0 Å². The Morgan fingerprint density at radius 2 is 2.47 bits per heavy atom. The highest BCUT2D eigenvalue weighted by molar-refractivity contribution is 5.47. The molecule has 3 nitrogen and oxygen atoms in total. The smallest absolute Gasteiger partial charge is 0.309 e. The second kappa shape index (κ2) is 5.77. The van der Waals surface area contributed by atoms with Crippen molar-refractivity contribution in [2.45, 2.75) is 31.3 Å². The summed E-state index contributed by atoms with van der Waals surface area (Å²) >= 11 is 0. The van der Waals surface area contributed by atoms with E-state index >= 15 is 0 Å². The average molecular weight is 234 g/mol. The van der Waals surface area contributed by atoms with Gasteiger partial charge in [0, 0.05) is 24.7 Å². The van der Waals surface area contributed by atoms with Crippen LogP contribution in [-0.2, 0) is 4.79 Å². The van der Waals surface area contributed by atoms with Gasteiger partial charge >= 0.3 is 6.41 Å². The van der Waals surface area contributed by atoms with E-state index in [0.717, 1.165) is 24.8 Å². The summed E-state index contributed by atoms with van der Waals surface area (Å²) in [6.07, 6.45) is 4.76. The molecule has 1 aliphatic heterocycles. The van der Waals surface area contributed by atoms with E-state index in [1.54, 1.807) is 12.5 Å². The van der Waals surface area contributed by atoms with Gasteiger partial charge in [-0.25, -0.2) is 4.39 Å². The molecule has 0 saturated carbocycles. The lowest BCUT2D eigenvalue weighted by atomic mass is 9.93. The second-order valence-electron chi connectivity index (χ2n) is 4.30. The Kier molecular flexibility index (Phi) is 4.09. The van der Waals surface area contributed by atoms with Crippen LogP contribution in [0.15, 0.2) is 18.2 Å². The molecule has 90 valence electrons. The van der Waals surface area contributed by atoms with Crippen LogP contribution in [0.1, 0.15) is 30.9 Å². The van der Waals surface area contributed by atoms with Gasteiger partial charge in [0.25, 0.3) is 0 Å². The Hall–Kier alpha value is -1.42. The molecule has 1 amide bonds. The second-order valence-corrected chi connectivity index (χ2v) is 4.30. The summed E-state index contributed by atoms with van der Waals surface area (Å²) in [5, 5.41) is 5.96. The largest absolute Gasteiger partial charge is 0.346 e. The van der Waals surface area contributed by atoms with E-state index in [-0.39, 0.29) is 17.9 Å². The van der Waals surface area contributed by atoms with Crippen LogP contribution < -0.4 is 10.6 Å². The molecular formula is C13H15FN2O. The summed E-state index contributed by atoms with van der Waals surface area (Å²) in [5.41, 5.74) is 0.945. The Bertz CT molecular complexity index is 383. The van der Waals surface area contributed by atoms with Crippen LogP contribution in [0.3, 0.4) is 0 Å². The van der Waals surface area contributed by atoms with Crippen molar-refractivity contribution < 1.29 is 9.18 Å². The number of rotatable bonds is 4. The van der Waals surface area contributed by atoms with Crippen molar-refractivity contribution in [2.24, 2.45) is 0 Å². The molecule has 17 heavy (non-hydrogen) atoms. The van der Waals surface area contributed by atoms with Gasteiger partial charge in [-0.1, -0.05) is 12.1 Å². The van der Waals surface area contributed by atoms with Crippen LogP contribution in [0.2, 0.25) is 0 Å². The molecule has 0 spiro atoms. The van der Waals surface area contributed by atoms with Crippen molar-refractivity contribution in [1.29, 1.82) is 0 Å². The molecule has 2 unspecified atom stereocenters. The van der Waals surface area contributed by atoms with E-state index in [1.807, 2.05) is 6.07 Å². The van der Waals surface area contributed by atoms with Crippen LogP contribution in [0.5, 0.6) is 0 Å². The molecule has 1 fully saturated rings. The number of hydrogen-bond acceptors (Lipinski definition) is 2. The van der Waals surface area contributed by atoms with Crippen LogP contribution in [0, 0.1) is 11.9 Å². The van der Waals surface area contributed by atoms with Gasteiger partial charge in [0.05, 0.1) is 0 Å². The first kappa shape index (κ1) is 12.0. The lowest BCUT2D eigenvalue weighted by Gasteiger charge is -2.31. The molecule has 0 aliphatic carbocycles. The van der Waals surface area contributed by atoms with Gasteiger partial charge in [-0.2, -0.15) is 0 Å². The van der Waals surface area contributed by atoms with E-state index in [0.29, 0.717) is 6.54 Å². The maximum Gasteiger partial charge on any atom is 0.309 e. The van der Waals surface area contributed by atoms with Gasteiger partial charge in [0.2, 0.25) is 0 Å². The molecule has 2 rings (SSSR count). The van der Waals surface area contributed by atoms with Crippen LogP contribution in [0.4, 0.5) is 4.39 Å². The van der Waals surface area contributed by atoms with Crippen LogP contribution in [-0.4, -0.2) is 19.0 Å². The Morgan fingerprint density at radius 3 is 3.24 bits per heavy atom. The van der Waals surface area contributed by atoms with Crippen molar-refractivity contribution in [1.82, 2.24) is 10.6 Å². The lowest BCUT2D eigenvalue weighted by molar-refractivity contribution is 0.322. The van der Waals surface area contributed by atoms with Crippen LogP contribution >= 0.6 is 0 Å². The van der Waals surface area contributed by atoms with Gasteiger partial charge in [-0.05, 0) is 30.9 Å². The third-order valence-electron chi connectivity index (χ3n) is 3.10.